The number of carbonyl (C=O) groups excluding carboxylic acids is 1. The lowest BCUT2D eigenvalue weighted by molar-refractivity contribution is -0.121. The SMILES string of the molecule is COc1ccccc1CC(=O)N[C@H](c1ccccn1)C1CCC(CN)CC1. The van der Waals surface area contributed by atoms with Crippen LogP contribution in [-0.4, -0.2) is 24.5 Å². The molecular formula is C22H29N3O2. The number of hydrogen-bond acceptors (Lipinski definition) is 4. The van der Waals surface area contributed by atoms with Crippen LogP contribution in [0, 0.1) is 11.8 Å². The Morgan fingerprint density at radius 3 is 2.59 bits per heavy atom. The lowest BCUT2D eigenvalue weighted by Crippen LogP contribution is -2.37. The summed E-state index contributed by atoms with van der Waals surface area (Å²) in [6.07, 6.45) is 6.46. The van der Waals surface area contributed by atoms with E-state index in [1.54, 1.807) is 13.3 Å². The minimum Gasteiger partial charge on any atom is -0.496 e. The molecule has 3 N–H and O–H groups in total. The van der Waals surface area contributed by atoms with E-state index in [9.17, 15) is 4.79 Å². The first-order valence-corrected chi connectivity index (χ1v) is 9.73. The van der Waals surface area contributed by atoms with Gasteiger partial charge in [0.1, 0.15) is 5.75 Å². The topological polar surface area (TPSA) is 77.2 Å². The molecule has 1 fully saturated rings. The van der Waals surface area contributed by atoms with Crippen LogP contribution >= 0.6 is 0 Å². The van der Waals surface area contributed by atoms with E-state index in [2.05, 4.69) is 10.3 Å². The number of amides is 1. The fourth-order valence-corrected chi connectivity index (χ4v) is 4.00. The maximum absolute atomic E-state index is 12.8. The number of rotatable bonds is 7. The van der Waals surface area contributed by atoms with Crippen molar-refractivity contribution in [3.63, 3.8) is 0 Å². The van der Waals surface area contributed by atoms with Crippen molar-refractivity contribution in [1.82, 2.24) is 10.3 Å². The van der Waals surface area contributed by atoms with Crippen LogP contribution in [0.4, 0.5) is 0 Å². The molecule has 5 heteroatoms. The van der Waals surface area contributed by atoms with E-state index in [0.717, 1.165) is 49.2 Å². The molecule has 1 aromatic carbocycles. The minimum atomic E-state index is -0.0628. The second-order valence-corrected chi connectivity index (χ2v) is 7.30. The molecule has 1 aromatic heterocycles. The van der Waals surface area contributed by atoms with Crippen molar-refractivity contribution in [1.29, 1.82) is 0 Å². The Labute approximate surface area is 161 Å². The Kier molecular flexibility index (Phi) is 6.82. The van der Waals surface area contributed by atoms with Crippen molar-refractivity contribution in [3.05, 3.63) is 59.9 Å². The van der Waals surface area contributed by atoms with Gasteiger partial charge in [-0.05, 0) is 62.3 Å². The van der Waals surface area contributed by atoms with Crippen LogP contribution in [0.1, 0.15) is 43.0 Å². The molecule has 2 aromatic rings. The highest BCUT2D eigenvalue weighted by molar-refractivity contribution is 5.79. The number of nitrogens with two attached hydrogens (primary N) is 1. The van der Waals surface area contributed by atoms with Crippen LogP contribution < -0.4 is 15.8 Å². The first-order valence-electron chi connectivity index (χ1n) is 9.73. The molecule has 0 spiro atoms. The van der Waals surface area contributed by atoms with Gasteiger partial charge in [0, 0.05) is 11.8 Å². The average molecular weight is 367 g/mol. The van der Waals surface area contributed by atoms with E-state index in [4.69, 9.17) is 10.5 Å². The molecule has 0 bridgehead atoms. The molecule has 0 radical (unpaired) electrons. The third kappa shape index (κ3) is 5.07. The molecule has 1 atom stereocenters. The van der Waals surface area contributed by atoms with E-state index < -0.39 is 0 Å². The number of pyridine rings is 1. The van der Waals surface area contributed by atoms with E-state index in [-0.39, 0.29) is 11.9 Å². The van der Waals surface area contributed by atoms with E-state index in [1.807, 2.05) is 42.5 Å². The largest absolute Gasteiger partial charge is 0.496 e. The van der Waals surface area contributed by atoms with Gasteiger partial charge in [0.25, 0.3) is 0 Å². The molecular weight excluding hydrogens is 338 g/mol. The summed E-state index contributed by atoms with van der Waals surface area (Å²) in [5.74, 6) is 1.74. The first kappa shape index (κ1) is 19.4. The summed E-state index contributed by atoms with van der Waals surface area (Å²) in [6, 6.07) is 13.5. The lowest BCUT2D eigenvalue weighted by atomic mass is 9.77. The number of nitrogens with zero attached hydrogens (tertiary/aromatic N) is 1. The fourth-order valence-electron chi connectivity index (χ4n) is 4.00. The highest BCUT2D eigenvalue weighted by Crippen LogP contribution is 2.36. The van der Waals surface area contributed by atoms with Gasteiger partial charge in [-0.3, -0.25) is 9.78 Å². The summed E-state index contributed by atoms with van der Waals surface area (Å²) < 4.78 is 5.37. The number of benzene rings is 1. The summed E-state index contributed by atoms with van der Waals surface area (Å²) in [6.45, 7) is 0.751. The zero-order valence-corrected chi connectivity index (χ0v) is 15.9. The summed E-state index contributed by atoms with van der Waals surface area (Å²) in [5, 5.41) is 3.25. The van der Waals surface area contributed by atoms with Gasteiger partial charge in [0.2, 0.25) is 5.91 Å². The Balaban J connectivity index is 1.72. The van der Waals surface area contributed by atoms with Crippen LogP contribution in [-0.2, 0) is 11.2 Å². The van der Waals surface area contributed by atoms with Crippen LogP contribution in [0.3, 0.4) is 0 Å². The van der Waals surface area contributed by atoms with Gasteiger partial charge in [0.15, 0.2) is 0 Å². The van der Waals surface area contributed by atoms with Gasteiger partial charge in [-0.25, -0.2) is 0 Å². The monoisotopic (exact) mass is 367 g/mol. The van der Waals surface area contributed by atoms with Crippen molar-refractivity contribution >= 4 is 5.91 Å². The summed E-state index contributed by atoms with van der Waals surface area (Å²) in [4.78, 5) is 17.3. The van der Waals surface area contributed by atoms with Crippen LogP contribution in [0.5, 0.6) is 5.75 Å². The predicted molar refractivity (Wildman–Crippen MR) is 106 cm³/mol. The predicted octanol–water partition coefficient (Wildman–Crippen LogP) is 3.26. The number of hydrogen-bond donors (Lipinski definition) is 2. The molecule has 0 unspecified atom stereocenters. The number of methoxy groups -OCH3 is 1. The van der Waals surface area contributed by atoms with Crippen LogP contribution in [0.15, 0.2) is 48.7 Å². The molecule has 5 nitrogen and oxygen atoms in total. The molecule has 1 heterocycles. The Morgan fingerprint density at radius 1 is 1.19 bits per heavy atom. The van der Waals surface area contributed by atoms with Crippen molar-refractivity contribution in [2.45, 2.75) is 38.1 Å². The molecule has 1 saturated carbocycles. The van der Waals surface area contributed by atoms with Crippen molar-refractivity contribution in [2.24, 2.45) is 17.6 Å². The quantitative estimate of drug-likeness (QED) is 0.787. The minimum absolute atomic E-state index is 0.00361. The van der Waals surface area contributed by atoms with Crippen molar-refractivity contribution in [2.75, 3.05) is 13.7 Å². The van der Waals surface area contributed by atoms with Crippen molar-refractivity contribution in [3.8, 4) is 5.75 Å². The molecule has 0 aliphatic heterocycles. The van der Waals surface area contributed by atoms with E-state index >= 15 is 0 Å². The zero-order chi connectivity index (χ0) is 19.1. The highest BCUT2D eigenvalue weighted by atomic mass is 16.5. The summed E-state index contributed by atoms with van der Waals surface area (Å²) >= 11 is 0. The highest BCUT2D eigenvalue weighted by Gasteiger charge is 2.30. The fraction of sp³-hybridized carbons (Fsp3) is 0.455. The number of carbonyl (C=O) groups is 1. The smallest absolute Gasteiger partial charge is 0.225 e. The third-order valence-electron chi connectivity index (χ3n) is 5.56. The van der Waals surface area contributed by atoms with Crippen LogP contribution in [0.25, 0.3) is 0 Å². The normalized spacial score (nSPS) is 20.7. The Hall–Kier alpha value is -2.40. The summed E-state index contributed by atoms with van der Waals surface area (Å²) in [7, 11) is 1.63. The van der Waals surface area contributed by atoms with E-state index in [0.29, 0.717) is 18.3 Å². The van der Waals surface area contributed by atoms with Gasteiger partial charge in [0.05, 0.1) is 25.3 Å². The third-order valence-corrected chi connectivity index (χ3v) is 5.56. The number of aromatic nitrogens is 1. The molecule has 144 valence electrons. The molecule has 1 amide bonds. The number of nitrogens with one attached hydrogen (secondary N) is 1. The molecule has 1 aliphatic carbocycles. The van der Waals surface area contributed by atoms with Gasteiger partial charge in [-0.15, -0.1) is 0 Å². The average Bonchev–Trinajstić information content (AvgIpc) is 2.73. The zero-order valence-electron chi connectivity index (χ0n) is 15.9. The number of para-hydroxylation sites is 1. The summed E-state index contributed by atoms with van der Waals surface area (Å²) in [5.41, 5.74) is 7.66. The standard InChI is InChI=1S/C22H29N3O2/c1-27-20-8-3-2-6-18(20)14-21(26)25-22(19-7-4-5-13-24-19)17-11-9-16(15-23)10-12-17/h2-8,13,16-17,22H,9-12,14-15,23H2,1H3,(H,25,26)/t16?,17?,22-/m0/s1. The Morgan fingerprint density at radius 2 is 1.93 bits per heavy atom. The molecule has 0 saturated heterocycles. The maximum Gasteiger partial charge on any atom is 0.225 e. The van der Waals surface area contributed by atoms with Crippen molar-refractivity contribution < 1.29 is 9.53 Å². The van der Waals surface area contributed by atoms with Gasteiger partial charge < -0.3 is 15.8 Å². The van der Waals surface area contributed by atoms with Gasteiger partial charge >= 0.3 is 0 Å². The first-order chi connectivity index (χ1) is 13.2. The van der Waals surface area contributed by atoms with Gasteiger partial charge in [-0.1, -0.05) is 24.3 Å². The van der Waals surface area contributed by atoms with Crippen LogP contribution in [0.2, 0.25) is 0 Å². The number of ether oxygens (including phenoxy) is 1. The second-order valence-electron chi connectivity index (χ2n) is 7.30. The lowest BCUT2D eigenvalue weighted by Gasteiger charge is -2.33. The second kappa shape index (κ2) is 9.51. The Bertz CT molecular complexity index is 727. The molecule has 27 heavy (non-hydrogen) atoms. The molecule has 3 rings (SSSR count). The molecule has 1 aliphatic rings. The van der Waals surface area contributed by atoms with Gasteiger partial charge in [-0.2, -0.15) is 0 Å². The van der Waals surface area contributed by atoms with E-state index in [1.165, 1.54) is 0 Å². The maximum atomic E-state index is 12.8.